The van der Waals surface area contributed by atoms with Crippen molar-refractivity contribution in [3.05, 3.63) is 29.8 Å². The van der Waals surface area contributed by atoms with Crippen molar-refractivity contribution in [1.82, 2.24) is 9.62 Å². The van der Waals surface area contributed by atoms with Gasteiger partial charge in [-0.05, 0) is 56.7 Å². The van der Waals surface area contributed by atoms with Crippen LogP contribution in [0.3, 0.4) is 0 Å². The van der Waals surface area contributed by atoms with Crippen LogP contribution in [0.1, 0.15) is 51.1 Å². The second-order valence-corrected chi connectivity index (χ2v) is 9.93. The van der Waals surface area contributed by atoms with E-state index in [0.717, 1.165) is 11.3 Å². The van der Waals surface area contributed by atoms with Crippen molar-refractivity contribution in [2.75, 3.05) is 38.8 Å². The predicted octanol–water partition coefficient (Wildman–Crippen LogP) is 2.15. The number of rotatable bonds is 16. The standard InChI is InChI=1S/C22H35N3O7S/c1-3-31-22(27)25(11-10-21(23)26)16-30-12-5-13-33(28,29)24-17(2)19-6-4-7-20(14-19)32-15-18-8-9-18/h4,6-7,14,17-18,24H,3,5,8-13,15-16H2,1-2H3,(H2,23,26)/t17-/m1/s1. The topological polar surface area (TPSA) is 137 Å². The first-order valence-corrected chi connectivity index (χ1v) is 12.9. The Morgan fingerprint density at radius 2 is 2.06 bits per heavy atom. The van der Waals surface area contributed by atoms with E-state index < -0.39 is 28.1 Å². The second-order valence-electron chi connectivity index (χ2n) is 8.05. The van der Waals surface area contributed by atoms with Gasteiger partial charge in [-0.2, -0.15) is 0 Å². The number of sulfonamides is 1. The number of hydrogen-bond acceptors (Lipinski definition) is 7. The van der Waals surface area contributed by atoms with Crippen LogP contribution in [0.4, 0.5) is 4.79 Å². The summed E-state index contributed by atoms with van der Waals surface area (Å²) in [6.45, 7) is 4.39. The molecule has 0 heterocycles. The molecule has 0 spiro atoms. The normalized spacial score (nSPS) is 14.5. The summed E-state index contributed by atoms with van der Waals surface area (Å²) in [6.07, 6.45) is 2.00. The van der Waals surface area contributed by atoms with Gasteiger partial charge in [-0.25, -0.2) is 17.9 Å². The molecule has 0 bridgehead atoms. The van der Waals surface area contributed by atoms with Gasteiger partial charge in [0.2, 0.25) is 15.9 Å². The van der Waals surface area contributed by atoms with Crippen molar-refractivity contribution in [3.63, 3.8) is 0 Å². The summed E-state index contributed by atoms with van der Waals surface area (Å²) in [5.41, 5.74) is 5.94. The molecule has 1 aromatic rings. The number of nitrogens with zero attached hydrogens (tertiary/aromatic N) is 1. The lowest BCUT2D eigenvalue weighted by atomic mass is 10.1. The molecule has 186 valence electrons. The zero-order valence-corrected chi connectivity index (χ0v) is 20.1. The molecule has 0 aliphatic heterocycles. The number of nitrogens with two attached hydrogens (primary N) is 1. The van der Waals surface area contributed by atoms with E-state index in [1.54, 1.807) is 13.8 Å². The highest BCUT2D eigenvalue weighted by molar-refractivity contribution is 7.89. The van der Waals surface area contributed by atoms with Crippen LogP contribution in [-0.4, -0.2) is 64.2 Å². The summed E-state index contributed by atoms with van der Waals surface area (Å²) < 4.78 is 43.7. The van der Waals surface area contributed by atoms with E-state index in [9.17, 15) is 18.0 Å². The van der Waals surface area contributed by atoms with Crippen LogP contribution in [0.5, 0.6) is 5.75 Å². The van der Waals surface area contributed by atoms with Gasteiger partial charge < -0.3 is 19.9 Å². The van der Waals surface area contributed by atoms with Crippen LogP contribution in [-0.2, 0) is 24.3 Å². The highest BCUT2D eigenvalue weighted by Gasteiger charge is 2.22. The average molecular weight is 486 g/mol. The van der Waals surface area contributed by atoms with Crippen LogP contribution >= 0.6 is 0 Å². The SMILES string of the molecule is CCOC(=O)N(CCC(N)=O)COCCCS(=O)(=O)N[C@H](C)c1cccc(OCC2CC2)c1. The number of hydrogen-bond donors (Lipinski definition) is 2. The molecule has 2 rings (SSSR count). The van der Waals surface area contributed by atoms with E-state index in [-0.39, 0.29) is 45.1 Å². The maximum Gasteiger partial charge on any atom is 0.411 e. The van der Waals surface area contributed by atoms with Gasteiger partial charge in [-0.3, -0.25) is 9.69 Å². The Bertz CT molecular complexity index is 874. The fourth-order valence-electron chi connectivity index (χ4n) is 2.96. The number of benzene rings is 1. The van der Waals surface area contributed by atoms with E-state index in [1.807, 2.05) is 24.3 Å². The molecule has 33 heavy (non-hydrogen) atoms. The summed E-state index contributed by atoms with van der Waals surface area (Å²) in [5, 5.41) is 0. The molecule has 0 aromatic heterocycles. The highest BCUT2D eigenvalue weighted by atomic mass is 32.2. The van der Waals surface area contributed by atoms with Crippen LogP contribution in [0.2, 0.25) is 0 Å². The molecule has 10 nitrogen and oxygen atoms in total. The number of ether oxygens (including phenoxy) is 3. The molecule has 0 radical (unpaired) electrons. The van der Waals surface area contributed by atoms with E-state index >= 15 is 0 Å². The fourth-order valence-corrected chi connectivity index (χ4v) is 4.25. The molecule has 1 saturated carbocycles. The molecule has 2 amide bonds. The second kappa shape index (κ2) is 13.4. The first-order chi connectivity index (χ1) is 15.7. The van der Waals surface area contributed by atoms with Crippen molar-refractivity contribution in [2.24, 2.45) is 11.7 Å². The van der Waals surface area contributed by atoms with Crippen LogP contribution in [0.25, 0.3) is 0 Å². The summed E-state index contributed by atoms with van der Waals surface area (Å²) >= 11 is 0. The first kappa shape index (κ1) is 26.9. The smallest absolute Gasteiger partial charge is 0.411 e. The molecule has 11 heteroatoms. The number of carbonyl (C=O) groups is 2. The Labute approximate surface area is 195 Å². The highest BCUT2D eigenvalue weighted by Crippen LogP contribution is 2.30. The quantitative estimate of drug-likeness (QED) is 0.270. The predicted molar refractivity (Wildman–Crippen MR) is 123 cm³/mol. The number of primary amides is 1. The minimum Gasteiger partial charge on any atom is -0.493 e. The Morgan fingerprint density at radius 1 is 1.30 bits per heavy atom. The Balaban J connectivity index is 1.74. The van der Waals surface area contributed by atoms with Crippen molar-refractivity contribution < 1.29 is 32.2 Å². The molecular formula is C22H35N3O7S. The van der Waals surface area contributed by atoms with Crippen molar-refractivity contribution in [1.29, 1.82) is 0 Å². The maximum atomic E-state index is 12.5. The van der Waals surface area contributed by atoms with Gasteiger partial charge in [0, 0.05) is 25.6 Å². The lowest BCUT2D eigenvalue weighted by Crippen LogP contribution is -2.36. The molecule has 3 N–H and O–H groups in total. The third-order valence-corrected chi connectivity index (χ3v) is 6.54. The minimum absolute atomic E-state index is 0.0226. The summed E-state index contributed by atoms with van der Waals surface area (Å²) in [6, 6.07) is 7.02. The van der Waals surface area contributed by atoms with Crippen molar-refractivity contribution >= 4 is 22.0 Å². The lowest BCUT2D eigenvalue weighted by Gasteiger charge is -2.21. The van der Waals surface area contributed by atoms with E-state index in [2.05, 4.69) is 4.72 Å². The van der Waals surface area contributed by atoms with Crippen LogP contribution in [0.15, 0.2) is 24.3 Å². The zero-order chi connectivity index (χ0) is 24.3. The van der Waals surface area contributed by atoms with Gasteiger partial charge in [0.15, 0.2) is 0 Å². The summed E-state index contributed by atoms with van der Waals surface area (Å²) in [5.74, 6) is 0.701. The van der Waals surface area contributed by atoms with Gasteiger partial charge in [0.25, 0.3) is 0 Å². The number of carbonyl (C=O) groups excluding carboxylic acids is 2. The van der Waals surface area contributed by atoms with Crippen molar-refractivity contribution in [3.8, 4) is 5.75 Å². The van der Waals surface area contributed by atoms with Gasteiger partial charge >= 0.3 is 6.09 Å². The maximum absolute atomic E-state index is 12.5. The third-order valence-electron chi connectivity index (χ3n) is 5.00. The van der Waals surface area contributed by atoms with E-state index in [1.165, 1.54) is 17.7 Å². The first-order valence-electron chi connectivity index (χ1n) is 11.2. The molecule has 1 aromatic carbocycles. The average Bonchev–Trinajstić information content (AvgIpc) is 3.58. The Morgan fingerprint density at radius 3 is 2.73 bits per heavy atom. The van der Waals surface area contributed by atoms with Crippen LogP contribution < -0.4 is 15.2 Å². The third kappa shape index (κ3) is 10.9. The number of nitrogens with one attached hydrogen (secondary N) is 1. The Hall–Kier alpha value is -2.37. The summed E-state index contributed by atoms with van der Waals surface area (Å²) in [7, 11) is -3.54. The minimum atomic E-state index is -3.54. The molecule has 1 atom stereocenters. The lowest BCUT2D eigenvalue weighted by molar-refractivity contribution is -0.118. The molecule has 1 fully saturated rings. The van der Waals surface area contributed by atoms with Gasteiger partial charge in [-0.15, -0.1) is 0 Å². The van der Waals surface area contributed by atoms with Gasteiger partial charge in [0.05, 0.1) is 19.0 Å². The van der Waals surface area contributed by atoms with Gasteiger partial charge in [-0.1, -0.05) is 12.1 Å². The largest absolute Gasteiger partial charge is 0.493 e. The van der Waals surface area contributed by atoms with Gasteiger partial charge in [0.1, 0.15) is 12.5 Å². The zero-order valence-electron chi connectivity index (χ0n) is 19.3. The molecule has 1 aliphatic rings. The summed E-state index contributed by atoms with van der Waals surface area (Å²) in [4.78, 5) is 24.1. The van der Waals surface area contributed by atoms with E-state index in [0.29, 0.717) is 12.5 Å². The monoisotopic (exact) mass is 485 g/mol. The van der Waals surface area contributed by atoms with E-state index in [4.69, 9.17) is 19.9 Å². The molecule has 0 saturated heterocycles. The molecular weight excluding hydrogens is 450 g/mol. The number of amides is 2. The molecule has 0 unspecified atom stereocenters. The van der Waals surface area contributed by atoms with Crippen molar-refractivity contribution in [2.45, 2.75) is 45.6 Å². The molecule has 1 aliphatic carbocycles. The Kier molecular flexibility index (Phi) is 10.9. The fraction of sp³-hybridized carbons (Fsp3) is 0.636. The van der Waals surface area contributed by atoms with Crippen LogP contribution in [0, 0.1) is 5.92 Å².